The number of aryl methyl sites for hydroxylation is 1. The molecule has 0 saturated heterocycles. The molecule has 1 heteroatoms. The number of nitrogens with one attached hydrogen (secondary N) is 1. The highest BCUT2D eigenvalue weighted by Crippen LogP contribution is 2.28. The summed E-state index contributed by atoms with van der Waals surface area (Å²) < 4.78 is 0. The van der Waals surface area contributed by atoms with Gasteiger partial charge in [0.05, 0.1) is 0 Å². The summed E-state index contributed by atoms with van der Waals surface area (Å²) in [4.78, 5) is 0. The summed E-state index contributed by atoms with van der Waals surface area (Å²) in [5.74, 6) is 0.949. The monoisotopic (exact) mass is 203 g/mol. The van der Waals surface area contributed by atoms with E-state index in [-0.39, 0.29) is 0 Å². The zero-order valence-corrected chi connectivity index (χ0v) is 9.63. The molecule has 0 atom stereocenters. The van der Waals surface area contributed by atoms with Crippen molar-refractivity contribution in [2.75, 3.05) is 11.9 Å². The lowest BCUT2D eigenvalue weighted by Crippen LogP contribution is -2.02. The van der Waals surface area contributed by atoms with Gasteiger partial charge in [0.2, 0.25) is 0 Å². The minimum Gasteiger partial charge on any atom is -0.385 e. The van der Waals surface area contributed by atoms with Crippen LogP contribution in [0.4, 0.5) is 5.69 Å². The Morgan fingerprint density at radius 2 is 1.93 bits per heavy atom. The maximum atomic E-state index is 3.49. The van der Waals surface area contributed by atoms with E-state index in [1.165, 1.54) is 43.4 Å². The van der Waals surface area contributed by atoms with Gasteiger partial charge in [0.15, 0.2) is 0 Å². The van der Waals surface area contributed by atoms with Gasteiger partial charge in [-0.05, 0) is 49.3 Å². The number of hydrogen-bond donors (Lipinski definition) is 1. The number of rotatable bonds is 6. The SMILES string of the molecule is CCCCc1ccc(NCC2CC2)cc1. The molecule has 0 spiro atoms. The van der Waals surface area contributed by atoms with Crippen molar-refractivity contribution in [3.8, 4) is 0 Å². The molecule has 1 aromatic rings. The highest BCUT2D eigenvalue weighted by Gasteiger charge is 2.20. The molecule has 2 rings (SSSR count). The largest absolute Gasteiger partial charge is 0.385 e. The second kappa shape index (κ2) is 5.20. The molecule has 1 fully saturated rings. The molecule has 1 nitrogen and oxygen atoms in total. The molecule has 1 aliphatic carbocycles. The van der Waals surface area contributed by atoms with Crippen LogP contribution in [0.3, 0.4) is 0 Å². The summed E-state index contributed by atoms with van der Waals surface area (Å²) >= 11 is 0. The van der Waals surface area contributed by atoms with Crippen LogP contribution >= 0.6 is 0 Å². The molecule has 0 aliphatic heterocycles. The molecule has 0 unspecified atom stereocenters. The first-order chi connectivity index (χ1) is 7.38. The van der Waals surface area contributed by atoms with Crippen LogP contribution in [-0.4, -0.2) is 6.54 Å². The minimum atomic E-state index is 0.949. The van der Waals surface area contributed by atoms with Crippen molar-refractivity contribution in [2.45, 2.75) is 39.0 Å². The van der Waals surface area contributed by atoms with Crippen molar-refractivity contribution < 1.29 is 0 Å². The maximum Gasteiger partial charge on any atom is 0.0340 e. The third-order valence-corrected chi connectivity index (χ3v) is 3.06. The molecule has 0 bridgehead atoms. The fraction of sp³-hybridized carbons (Fsp3) is 0.571. The van der Waals surface area contributed by atoms with Gasteiger partial charge in [0, 0.05) is 12.2 Å². The lowest BCUT2D eigenvalue weighted by atomic mass is 10.1. The maximum absolute atomic E-state index is 3.49. The van der Waals surface area contributed by atoms with Crippen molar-refractivity contribution in [2.24, 2.45) is 5.92 Å². The molecule has 0 heterocycles. The van der Waals surface area contributed by atoms with E-state index in [9.17, 15) is 0 Å². The van der Waals surface area contributed by atoms with Gasteiger partial charge in [0.25, 0.3) is 0 Å². The van der Waals surface area contributed by atoms with Gasteiger partial charge in [-0.25, -0.2) is 0 Å². The average molecular weight is 203 g/mol. The first-order valence-electron chi connectivity index (χ1n) is 6.21. The van der Waals surface area contributed by atoms with Crippen LogP contribution in [0.5, 0.6) is 0 Å². The number of anilines is 1. The molecule has 1 aliphatic rings. The summed E-state index contributed by atoms with van der Waals surface area (Å²) in [6, 6.07) is 8.94. The Balaban J connectivity index is 1.79. The van der Waals surface area contributed by atoms with Crippen molar-refractivity contribution >= 4 is 5.69 Å². The van der Waals surface area contributed by atoms with E-state index in [4.69, 9.17) is 0 Å². The molecular formula is C14H21N. The van der Waals surface area contributed by atoms with Crippen molar-refractivity contribution in [3.63, 3.8) is 0 Å². The van der Waals surface area contributed by atoms with Crippen LogP contribution in [-0.2, 0) is 6.42 Å². The van der Waals surface area contributed by atoms with Crippen LogP contribution in [0.15, 0.2) is 24.3 Å². The smallest absolute Gasteiger partial charge is 0.0340 e. The summed E-state index contributed by atoms with van der Waals surface area (Å²) in [5, 5.41) is 3.49. The van der Waals surface area contributed by atoms with E-state index >= 15 is 0 Å². The Bertz CT molecular complexity index is 285. The van der Waals surface area contributed by atoms with Crippen LogP contribution in [0.25, 0.3) is 0 Å². The van der Waals surface area contributed by atoms with E-state index < -0.39 is 0 Å². The first-order valence-corrected chi connectivity index (χ1v) is 6.21. The Labute approximate surface area is 92.9 Å². The minimum absolute atomic E-state index is 0.949. The fourth-order valence-electron chi connectivity index (χ4n) is 1.75. The summed E-state index contributed by atoms with van der Waals surface area (Å²) in [6.45, 7) is 3.40. The van der Waals surface area contributed by atoms with Gasteiger partial charge in [-0.1, -0.05) is 25.5 Å². The Hall–Kier alpha value is -0.980. The number of unbranched alkanes of at least 4 members (excludes halogenated alkanes) is 1. The van der Waals surface area contributed by atoms with Gasteiger partial charge in [0.1, 0.15) is 0 Å². The fourth-order valence-corrected chi connectivity index (χ4v) is 1.75. The van der Waals surface area contributed by atoms with Gasteiger partial charge in [-0.3, -0.25) is 0 Å². The predicted molar refractivity (Wildman–Crippen MR) is 66.3 cm³/mol. The summed E-state index contributed by atoms with van der Waals surface area (Å²) in [5.41, 5.74) is 2.75. The lowest BCUT2D eigenvalue weighted by Gasteiger charge is -2.06. The molecule has 1 saturated carbocycles. The van der Waals surface area contributed by atoms with Crippen molar-refractivity contribution in [1.82, 2.24) is 0 Å². The third-order valence-electron chi connectivity index (χ3n) is 3.06. The van der Waals surface area contributed by atoms with E-state index in [1.807, 2.05) is 0 Å². The lowest BCUT2D eigenvalue weighted by molar-refractivity contribution is 0.795. The van der Waals surface area contributed by atoms with Gasteiger partial charge >= 0.3 is 0 Å². The molecule has 0 radical (unpaired) electrons. The molecule has 1 N–H and O–H groups in total. The van der Waals surface area contributed by atoms with Crippen LogP contribution in [0.1, 0.15) is 38.2 Å². The van der Waals surface area contributed by atoms with E-state index in [2.05, 4.69) is 36.5 Å². The Morgan fingerprint density at radius 3 is 2.53 bits per heavy atom. The normalized spacial score (nSPS) is 15.3. The van der Waals surface area contributed by atoms with Gasteiger partial charge in [-0.15, -0.1) is 0 Å². The average Bonchev–Trinajstić information content (AvgIpc) is 3.09. The standard InChI is InChI=1S/C14H21N/c1-2-3-4-12-7-9-14(10-8-12)15-11-13-5-6-13/h7-10,13,15H,2-6,11H2,1H3. The third kappa shape index (κ3) is 3.58. The van der Waals surface area contributed by atoms with E-state index in [1.54, 1.807) is 0 Å². The molecular weight excluding hydrogens is 182 g/mol. The summed E-state index contributed by atoms with van der Waals surface area (Å²) in [6.07, 6.45) is 6.64. The molecule has 1 aromatic carbocycles. The molecule has 0 aromatic heterocycles. The topological polar surface area (TPSA) is 12.0 Å². The van der Waals surface area contributed by atoms with E-state index in [0.29, 0.717) is 0 Å². The van der Waals surface area contributed by atoms with Crippen LogP contribution in [0, 0.1) is 5.92 Å². The zero-order valence-electron chi connectivity index (χ0n) is 9.63. The second-order valence-corrected chi connectivity index (χ2v) is 4.62. The van der Waals surface area contributed by atoms with Crippen LogP contribution in [0.2, 0.25) is 0 Å². The Morgan fingerprint density at radius 1 is 1.20 bits per heavy atom. The van der Waals surface area contributed by atoms with Gasteiger partial charge in [-0.2, -0.15) is 0 Å². The van der Waals surface area contributed by atoms with Gasteiger partial charge < -0.3 is 5.32 Å². The molecule has 0 amide bonds. The van der Waals surface area contributed by atoms with Crippen molar-refractivity contribution in [3.05, 3.63) is 29.8 Å². The first kappa shape index (κ1) is 10.5. The predicted octanol–water partition coefficient (Wildman–Crippen LogP) is 3.85. The Kier molecular flexibility index (Phi) is 3.65. The molecule has 15 heavy (non-hydrogen) atoms. The highest BCUT2D eigenvalue weighted by atomic mass is 14.9. The number of benzene rings is 1. The second-order valence-electron chi connectivity index (χ2n) is 4.62. The van der Waals surface area contributed by atoms with Crippen LogP contribution < -0.4 is 5.32 Å². The quantitative estimate of drug-likeness (QED) is 0.740. The summed E-state index contributed by atoms with van der Waals surface area (Å²) in [7, 11) is 0. The number of hydrogen-bond acceptors (Lipinski definition) is 1. The van der Waals surface area contributed by atoms with Crippen molar-refractivity contribution in [1.29, 1.82) is 0 Å². The van der Waals surface area contributed by atoms with E-state index in [0.717, 1.165) is 12.5 Å². The zero-order chi connectivity index (χ0) is 10.5. The highest BCUT2D eigenvalue weighted by molar-refractivity contribution is 5.44. The molecule has 82 valence electrons.